The Bertz CT molecular complexity index is 292. The summed E-state index contributed by atoms with van der Waals surface area (Å²) >= 11 is 0. The number of hydrogen-bond acceptors (Lipinski definition) is 3. The molecule has 0 amide bonds. The summed E-state index contributed by atoms with van der Waals surface area (Å²) in [5, 5.41) is 14.2. The van der Waals surface area contributed by atoms with Crippen molar-refractivity contribution >= 4 is 0 Å². The summed E-state index contributed by atoms with van der Waals surface area (Å²) in [5.74, 6) is 0. The molecule has 1 rings (SSSR count). The van der Waals surface area contributed by atoms with Crippen molar-refractivity contribution in [3.05, 3.63) is 18.0 Å². The summed E-state index contributed by atoms with van der Waals surface area (Å²) in [5.41, 5.74) is 5.86. The highest BCUT2D eigenvalue weighted by molar-refractivity contribution is 4.94. The molecule has 0 aliphatic heterocycles. The van der Waals surface area contributed by atoms with Gasteiger partial charge >= 0.3 is 0 Å². The highest BCUT2D eigenvalue weighted by atomic mass is 16.3. The standard InChI is InChI=1S/C11H21N3O/c1-3-11(15,9-12)6-4-7-14-8-5-10(2)13-14/h5,8,15H,3-4,6-7,9,12H2,1-2H3. The van der Waals surface area contributed by atoms with Gasteiger partial charge in [-0.05, 0) is 32.3 Å². The fourth-order valence-corrected chi connectivity index (χ4v) is 1.58. The Labute approximate surface area is 91.1 Å². The monoisotopic (exact) mass is 211 g/mol. The number of nitrogens with zero attached hydrogens (tertiary/aromatic N) is 2. The molecule has 1 atom stereocenters. The topological polar surface area (TPSA) is 64.1 Å². The van der Waals surface area contributed by atoms with Gasteiger partial charge in [-0.3, -0.25) is 4.68 Å². The van der Waals surface area contributed by atoms with Crippen LogP contribution < -0.4 is 5.73 Å². The molecule has 0 aliphatic rings. The molecule has 0 bridgehead atoms. The van der Waals surface area contributed by atoms with Crippen molar-refractivity contribution in [1.29, 1.82) is 0 Å². The second-order valence-corrected chi connectivity index (χ2v) is 4.11. The summed E-state index contributed by atoms with van der Waals surface area (Å²) in [6.45, 7) is 5.11. The molecule has 4 nitrogen and oxygen atoms in total. The Balaban J connectivity index is 2.32. The predicted octanol–water partition coefficient (Wildman–Crippen LogP) is 1.07. The van der Waals surface area contributed by atoms with Crippen LogP contribution in [0.5, 0.6) is 0 Å². The molecule has 1 aromatic rings. The minimum atomic E-state index is -0.692. The van der Waals surface area contributed by atoms with Crippen LogP contribution in [0.15, 0.2) is 12.3 Å². The average molecular weight is 211 g/mol. The van der Waals surface area contributed by atoms with E-state index in [0.29, 0.717) is 13.0 Å². The summed E-state index contributed by atoms with van der Waals surface area (Å²) in [7, 11) is 0. The van der Waals surface area contributed by atoms with Crippen molar-refractivity contribution in [2.75, 3.05) is 6.54 Å². The van der Waals surface area contributed by atoms with Crippen LogP contribution in [-0.4, -0.2) is 27.0 Å². The van der Waals surface area contributed by atoms with E-state index in [9.17, 15) is 5.11 Å². The lowest BCUT2D eigenvalue weighted by molar-refractivity contribution is 0.0331. The van der Waals surface area contributed by atoms with Crippen LogP contribution in [0, 0.1) is 6.92 Å². The molecule has 0 radical (unpaired) electrons. The fraction of sp³-hybridized carbons (Fsp3) is 0.727. The fourth-order valence-electron chi connectivity index (χ4n) is 1.58. The Morgan fingerprint density at radius 2 is 2.33 bits per heavy atom. The highest BCUT2D eigenvalue weighted by Gasteiger charge is 2.21. The van der Waals surface area contributed by atoms with Crippen LogP contribution in [0.4, 0.5) is 0 Å². The lowest BCUT2D eigenvalue weighted by Gasteiger charge is -2.24. The van der Waals surface area contributed by atoms with E-state index in [1.54, 1.807) is 0 Å². The number of hydrogen-bond donors (Lipinski definition) is 2. The van der Waals surface area contributed by atoms with Crippen molar-refractivity contribution in [1.82, 2.24) is 9.78 Å². The molecule has 15 heavy (non-hydrogen) atoms. The largest absolute Gasteiger partial charge is 0.389 e. The van der Waals surface area contributed by atoms with E-state index >= 15 is 0 Å². The third-order valence-corrected chi connectivity index (χ3v) is 2.84. The molecule has 86 valence electrons. The van der Waals surface area contributed by atoms with Gasteiger partial charge in [0.1, 0.15) is 0 Å². The number of aliphatic hydroxyl groups is 1. The maximum atomic E-state index is 9.96. The average Bonchev–Trinajstić information content (AvgIpc) is 2.64. The van der Waals surface area contributed by atoms with Gasteiger partial charge in [-0.2, -0.15) is 5.10 Å². The first-order chi connectivity index (χ1) is 7.09. The summed E-state index contributed by atoms with van der Waals surface area (Å²) in [4.78, 5) is 0. The SMILES string of the molecule is CCC(O)(CN)CCCn1ccc(C)n1. The summed E-state index contributed by atoms with van der Waals surface area (Å²) < 4.78 is 1.90. The van der Waals surface area contributed by atoms with Gasteiger partial charge in [0.25, 0.3) is 0 Å². The molecule has 0 saturated heterocycles. The van der Waals surface area contributed by atoms with E-state index in [0.717, 1.165) is 25.1 Å². The third kappa shape index (κ3) is 3.64. The smallest absolute Gasteiger partial charge is 0.0767 e. The van der Waals surface area contributed by atoms with Gasteiger partial charge in [-0.1, -0.05) is 6.92 Å². The lowest BCUT2D eigenvalue weighted by atomic mass is 9.95. The lowest BCUT2D eigenvalue weighted by Crippen LogP contribution is -2.37. The first-order valence-electron chi connectivity index (χ1n) is 5.52. The van der Waals surface area contributed by atoms with Gasteiger partial charge < -0.3 is 10.8 Å². The molecule has 1 heterocycles. The molecular formula is C11H21N3O. The van der Waals surface area contributed by atoms with Crippen LogP contribution in [-0.2, 0) is 6.54 Å². The van der Waals surface area contributed by atoms with Crippen molar-refractivity contribution in [3.8, 4) is 0 Å². The molecule has 0 saturated carbocycles. The maximum absolute atomic E-state index is 9.96. The Morgan fingerprint density at radius 3 is 2.80 bits per heavy atom. The van der Waals surface area contributed by atoms with Crippen LogP contribution in [0.25, 0.3) is 0 Å². The molecule has 0 aromatic carbocycles. The minimum absolute atomic E-state index is 0.335. The van der Waals surface area contributed by atoms with Crippen LogP contribution >= 0.6 is 0 Å². The number of rotatable bonds is 6. The zero-order chi connectivity index (χ0) is 11.3. The molecular weight excluding hydrogens is 190 g/mol. The molecule has 1 unspecified atom stereocenters. The summed E-state index contributed by atoms with van der Waals surface area (Å²) in [6, 6.07) is 1.98. The highest BCUT2D eigenvalue weighted by Crippen LogP contribution is 2.15. The van der Waals surface area contributed by atoms with Gasteiger partial charge in [0.2, 0.25) is 0 Å². The van der Waals surface area contributed by atoms with E-state index in [2.05, 4.69) is 5.10 Å². The second kappa shape index (κ2) is 5.28. The van der Waals surface area contributed by atoms with E-state index < -0.39 is 5.60 Å². The number of aromatic nitrogens is 2. The van der Waals surface area contributed by atoms with Crippen molar-refractivity contribution < 1.29 is 5.11 Å². The Kier molecular flexibility index (Phi) is 4.29. The van der Waals surface area contributed by atoms with Crippen LogP contribution in [0.1, 0.15) is 31.9 Å². The molecule has 0 fully saturated rings. The van der Waals surface area contributed by atoms with Gasteiger partial charge in [0.05, 0.1) is 11.3 Å². The third-order valence-electron chi connectivity index (χ3n) is 2.84. The normalized spacial score (nSPS) is 15.2. The first kappa shape index (κ1) is 12.2. The minimum Gasteiger partial charge on any atom is -0.389 e. The zero-order valence-electron chi connectivity index (χ0n) is 9.61. The number of nitrogens with two attached hydrogens (primary N) is 1. The van der Waals surface area contributed by atoms with E-state index in [4.69, 9.17) is 5.73 Å². The molecule has 0 aliphatic carbocycles. The van der Waals surface area contributed by atoms with E-state index in [-0.39, 0.29) is 0 Å². The first-order valence-corrected chi connectivity index (χ1v) is 5.52. The maximum Gasteiger partial charge on any atom is 0.0767 e. The van der Waals surface area contributed by atoms with Crippen molar-refractivity contribution in [3.63, 3.8) is 0 Å². The molecule has 0 spiro atoms. The summed E-state index contributed by atoms with van der Waals surface area (Å²) in [6.07, 6.45) is 4.31. The predicted molar refractivity (Wildman–Crippen MR) is 60.5 cm³/mol. The van der Waals surface area contributed by atoms with E-state index in [1.165, 1.54) is 0 Å². The zero-order valence-corrected chi connectivity index (χ0v) is 9.61. The van der Waals surface area contributed by atoms with Crippen LogP contribution in [0.3, 0.4) is 0 Å². The van der Waals surface area contributed by atoms with Gasteiger partial charge in [-0.25, -0.2) is 0 Å². The van der Waals surface area contributed by atoms with Gasteiger partial charge in [0, 0.05) is 19.3 Å². The van der Waals surface area contributed by atoms with Gasteiger partial charge in [-0.15, -0.1) is 0 Å². The van der Waals surface area contributed by atoms with Crippen LogP contribution in [0.2, 0.25) is 0 Å². The molecule has 3 N–H and O–H groups in total. The molecule has 4 heteroatoms. The Hall–Kier alpha value is -0.870. The Morgan fingerprint density at radius 1 is 1.60 bits per heavy atom. The van der Waals surface area contributed by atoms with E-state index in [1.807, 2.05) is 30.8 Å². The van der Waals surface area contributed by atoms with Crippen molar-refractivity contribution in [2.24, 2.45) is 5.73 Å². The number of aryl methyl sites for hydroxylation is 2. The van der Waals surface area contributed by atoms with Crippen molar-refractivity contribution in [2.45, 2.75) is 45.3 Å². The molecule has 1 aromatic heterocycles. The second-order valence-electron chi connectivity index (χ2n) is 4.11. The quantitative estimate of drug-likeness (QED) is 0.740. The van der Waals surface area contributed by atoms with Gasteiger partial charge in [0.15, 0.2) is 0 Å².